The molecule has 4 aromatic carbocycles. The van der Waals surface area contributed by atoms with E-state index in [1.54, 1.807) is 42.6 Å². The van der Waals surface area contributed by atoms with Crippen molar-refractivity contribution in [3.63, 3.8) is 0 Å². The van der Waals surface area contributed by atoms with Gasteiger partial charge in [-0.25, -0.2) is 17.2 Å². The molecule has 1 N–H and O–H groups in total. The predicted octanol–water partition coefficient (Wildman–Crippen LogP) is 14.6. The van der Waals surface area contributed by atoms with E-state index in [9.17, 15) is 23.1 Å². The predicted molar refractivity (Wildman–Crippen MR) is 319 cm³/mol. The molecule has 0 spiro atoms. The molecule has 0 bridgehead atoms. The van der Waals surface area contributed by atoms with Gasteiger partial charge in [0.2, 0.25) is 0 Å². The molecule has 408 valence electrons. The molecule has 10 nitrogen and oxygen atoms in total. The van der Waals surface area contributed by atoms with Gasteiger partial charge >= 0.3 is 41.0 Å². The SMILES string of the molecule is C/C=C/Cn1cc(-c2ccc(C(=O)O)cc2OC)c2ccn(S(=O)(=O)c3ccc(C)cc3)c2c1=O.CN(C)c1ccc(P(C(C)(C)C)C(C)(C)C)cc1.CN(C)c1ccc(P(C(C)(C)C)C(C)(C)C)cc1.[Cl][Pd][Cl]. The number of benzene rings is 4. The fraction of sp³-hybridized carbons (Fsp3) is 0.414. The fourth-order valence-electron chi connectivity index (χ4n) is 9.26. The molecule has 0 aliphatic carbocycles. The molecule has 0 unspecified atom stereocenters. The van der Waals surface area contributed by atoms with Crippen molar-refractivity contribution in [2.45, 2.75) is 129 Å². The quantitative estimate of drug-likeness (QED) is 0.0775. The molecule has 0 saturated heterocycles. The normalized spacial score (nSPS) is 12.2. The third kappa shape index (κ3) is 17.0. The Kier molecular flexibility index (Phi) is 23.4. The van der Waals surface area contributed by atoms with Crippen LogP contribution >= 0.6 is 34.9 Å². The van der Waals surface area contributed by atoms with Crippen LogP contribution in [-0.4, -0.2) is 84.0 Å². The van der Waals surface area contributed by atoms with Gasteiger partial charge in [-0.15, -0.1) is 0 Å². The Bertz CT molecular complexity index is 2880. The van der Waals surface area contributed by atoms with Crippen LogP contribution in [0.15, 0.2) is 131 Å². The number of ether oxygens (including phenoxy) is 1. The van der Waals surface area contributed by atoms with Gasteiger partial charge in [0.1, 0.15) is 11.3 Å². The van der Waals surface area contributed by atoms with E-state index >= 15 is 0 Å². The van der Waals surface area contributed by atoms with Gasteiger partial charge in [-0.3, -0.25) is 4.79 Å². The second kappa shape index (κ2) is 26.9. The van der Waals surface area contributed by atoms with E-state index in [1.807, 2.05) is 13.8 Å². The Morgan fingerprint density at radius 2 is 1.14 bits per heavy atom. The van der Waals surface area contributed by atoms with Crippen molar-refractivity contribution in [1.29, 1.82) is 0 Å². The number of anilines is 2. The van der Waals surface area contributed by atoms with Crippen LogP contribution in [0.4, 0.5) is 11.4 Å². The van der Waals surface area contributed by atoms with Crippen molar-refractivity contribution in [2.24, 2.45) is 0 Å². The minimum absolute atomic E-state index is 0.00283. The number of fused-ring (bicyclic) bond motifs is 1. The first-order valence-electron chi connectivity index (χ1n) is 24.2. The Morgan fingerprint density at radius 3 is 1.50 bits per heavy atom. The van der Waals surface area contributed by atoms with Crippen LogP contribution in [-0.2, 0) is 32.5 Å². The number of hydrogen-bond donors (Lipinski definition) is 1. The average molecular weight is 1200 g/mol. The zero-order valence-electron chi connectivity index (χ0n) is 46.9. The van der Waals surface area contributed by atoms with E-state index in [0.29, 0.717) is 37.1 Å². The molecular weight excluding hydrogens is 1120 g/mol. The summed E-state index contributed by atoms with van der Waals surface area (Å²) in [5.41, 5.74) is 4.10. The number of aryl methyl sites for hydroxylation is 1. The maximum atomic E-state index is 13.5. The average Bonchev–Trinajstić information content (AvgIpc) is 3.75. The van der Waals surface area contributed by atoms with Gasteiger partial charge in [-0.2, -0.15) is 0 Å². The number of halogens is 2. The molecular formula is C58H80Cl2N4O6P2PdS. The number of nitrogens with zero attached hydrogens (tertiary/aromatic N) is 4. The molecule has 0 fully saturated rings. The summed E-state index contributed by atoms with van der Waals surface area (Å²) >= 11 is -0.106. The van der Waals surface area contributed by atoms with Gasteiger partial charge < -0.3 is 24.2 Å². The molecule has 0 aliphatic heterocycles. The van der Waals surface area contributed by atoms with Gasteiger partial charge in [0, 0.05) is 75.0 Å². The summed E-state index contributed by atoms with van der Waals surface area (Å²) in [5.74, 6) is -0.815. The van der Waals surface area contributed by atoms with E-state index in [-0.39, 0.29) is 60.1 Å². The van der Waals surface area contributed by atoms with Gasteiger partial charge in [0.25, 0.3) is 15.6 Å². The molecule has 0 saturated carbocycles. The van der Waals surface area contributed by atoms with Crippen LogP contribution in [0, 0.1) is 6.92 Å². The first-order valence-corrected chi connectivity index (χ1v) is 32.4. The molecule has 2 heterocycles. The summed E-state index contributed by atoms with van der Waals surface area (Å²) in [6.45, 7) is 32.3. The number of carboxylic acids is 1. The number of rotatable bonds is 11. The molecule has 0 radical (unpaired) electrons. The molecule has 6 aromatic rings. The summed E-state index contributed by atoms with van der Waals surface area (Å²) in [6.07, 6.45) is 6.57. The Balaban J connectivity index is 0.000000313. The van der Waals surface area contributed by atoms with E-state index in [4.69, 9.17) is 23.8 Å². The Hall–Kier alpha value is -3.97. The van der Waals surface area contributed by atoms with Gasteiger partial charge in [-0.1, -0.05) is 153 Å². The van der Waals surface area contributed by atoms with Crippen LogP contribution in [0.5, 0.6) is 5.75 Å². The van der Waals surface area contributed by atoms with Crippen molar-refractivity contribution in [3.05, 3.63) is 143 Å². The third-order valence-electron chi connectivity index (χ3n) is 11.7. The number of hydrogen-bond acceptors (Lipinski definition) is 7. The molecule has 0 atom stereocenters. The minimum atomic E-state index is -4.06. The first-order chi connectivity index (χ1) is 34.2. The maximum absolute atomic E-state index is 13.5. The summed E-state index contributed by atoms with van der Waals surface area (Å²) in [4.78, 5) is 29.3. The topological polar surface area (TPSA) is 114 Å². The number of aromatic nitrogens is 2. The number of methoxy groups -OCH3 is 1. The summed E-state index contributed by atoms with van der Waals surface area (Å²) in [5, 5.41) is 14.1. The van der Waals surface area contributed by atoms with Crippen molar-refractivity contribution >= 4 is 83.8 Å². The van der Waals surface area contributed by atoms with E-state index in [2.05, 4.69) is 170 Å². The number of allylic oxidation sites excluding steroid dienone is 2. The van der Waals surface area contributed by atoms with Crippen LogP contribution in [0.25, 0.3) is 22.0 Å². The zero-order valence-corrected chi connectivity index (χ0v) is 52.6. The summed E-state index contributed by atoms with van der Waals surface area (Å²) in [6, 6.07) is 30.6. The van der Waals surface area contributed by atoms with E-state index < -0.39 is 21.6 Å². The second-order valence-corrected chi connectivity index (χ2v) is 34.1. The molecule has 6 rings (SSSR count). The van der Waals surface area contributed by atoms with Crippen LogP contribution < -0.4 is 30.7 Å². The van der Waals surface area contributed by atoms with Crippen LogP contribution in [0.1, 0.15) is 106 Å². The first kappa shape index (κ1) is 64.3. The van der Waals surface area contributed by atoms with Crippen LogP contribution in [0.3, 0.4) is 0 Å². The zero-order chi connectivity index (χ0) is 56.3. The van der Waals surface area contributed by atoms with Crippen LogP contribution in [0.2, 0.25) is 0 Å². The van der Waals surface area contributed by atoms with Crippen molar-refractivity contribution in [3.8, 4) is 16.9 Å². The molecule has 74 heavy (non-hydrogen) atoms. The Morgan fingerprint density at radius 1 is 0.703 bits per heavy atom. The third-order valence-corrected chi connectivity index (χ3v) is 20.4. The summed E-state index contributed by atoms with van der Waals surface area (Å²) in [7, 11) is 15.0. The van der Waals surface area contributed by atoms with Gasteiger partial charge in [0.15, 0.2) is 0 Å². The van der Waals surface area contributed by atoms with Crippen molar-refractivity contribution < 1.29 is 39.0 Å². The summed E-state index contributed by atoms with van der Waals surface area (Å²) < 4.78 is 34.9. The monoisotopic (exact) mass is 1200 g/mol. The van der Waals surface area contributed by atoms with E-state index in [0.717, 1.165) is 9.54 Å². The number of carbonyl (C=O) groups is 1. The fourth-order valence-corrected chi connectivity index (χ4v) is 18.6. The molecule has 0 aliphatic rings. The number of aromatic carboxylic acids is 1. The molecule has 16 heteroatoms. The number of carboxylic acid groups (broad SMARTS) is 1. The Labute approximate surface area is 462 Å². The second-order valence-electron chi connectivity index (χ2n) is 22.2. The molecule has 2 aromatic heterocycles. The van der Waals surface area contributed by atoms with Crippen molar-refractivity contribution in [1.82, 2.24) is 8.54 Å². The van der Waals surface area contributed by atoms with Gasteiger partial charge in [0.05, 0.1) is 17.6 Å². The number of pyridine rings is 1. The van der Waals surface area contributed by atoms with Crippen molar-refractivity contribution in [2.75, 3.05) is 45.1 Å². The van der Waals surface area contributed by atoms with Gasteiger partial charge in [-0.05, 0) is 106 Å². The molecule has 0 amide bonds. The van der Waals surface area contributed by atoms with E-state index in [1.165, 1.54) is 64.1 Å². The standard InChI is InChI=1S/C26H24N2O6S.2C16H28NP.2ClH.Pd/c1-4-5-13-27-16-22(20-11-8-18(26(30)31)15-23(20)34-3)21-12-14-28(24(21)25(27)29)35(32,33)19-9-6-17(2)7-10-19;2*1-15(2,3)18(16(4,5)6)14-11-9-13(10-12-14)17(7)8;;;/h4-12,14-16H,13H2,1-3H3,(H,30,31);2*9-12H,1-8H3;2*1H;/q;;;;;+2/p-2/b5-4+;;;;;.